The molecule has 0 unspecified atom stereocenters. The van der Waals surface area contributed by atoms with Gasteiger partial charge in [-0.25, -0.2) is 9.59 Å². The maximum absolute atomic E-state index is 13.0. The predicted molar refractivity (Wildman–Crippen MR) is 94.6 cm³/mol. The molecule has 0 amide bonds. The number of esters is 2. The zero-order chi connectivity index (χ0) is 20.3. The number of carbonyl (C=O) groups is 2. The van der Waals surface area contributed by atoms with Gasteiger partial charge >= 0.3 is 41.5 Å². The molecule has 148 valence electrons. The summed E-state index contributed by atoms with van der Waals surface area (Å²) in [6, 6.07) is 7.63. The summed E-state index contributed by atoms with van der Waals surface area (Å²) in [5, 5.41) is 17.0. The van der Waals surface area contributed by atoms with Crippen molar-refractivity contribution in [3.8, 4) is 11.5 Å². The van der Waals surface area contributed by atoms with Crippen LogP contribution in [0.5, 0.6) is 11.5 Å². The van der Waals surface area contributed by atoms with E-state index in [1.807, 2.05) is 0 Å². The van der Waals surface area contributed by atoms with Gasteiger partial charge in [-0.1, -0.05) is 0 Å². The van der Waals surface area contributed by atoms with Crippen LogP contribution in [-0.4, -0.2) is 48.6 Å². The van der Waals surface area contributed by atoms with Crippen molar-refractivity contribution in [1.82, 2.24) is 0 Å². The van der Waals surface area contributed by atoms with E-state index in [2.05, 4.69) is 0 Å². The Bertz CT molecular complexity index is 902. The molecule has 2 N–H and O–H groups in total. The Morgan fingerprint density at radius 3 is 1.69 bits per heavy atom. The Morgan fingerprint density at radius 1 is 0.897 bits per heavy atom. The van der Waals surface area contributed by atoms with Crippen LogP contribution in [0, 0.1) is 0 Å². The molecule has 1 aliphatic rings. The minimum Gasteiger partial charge on any atom is -0.792 e. The number of hydrogen-bond acceptors (Lipinski definition) is 9. The molecule has 0 saturated carbocycles. The zero-order valence-corrected chi connectivity index (χ0v) is 18.4. The predicted octanol–water partition coefficient (Wildman–Crippen LogP) is -3.32. The third-order valence-electron chi connectivity index (χ3n) is 3.89. The maximum Gasteiger partial charge on any atom is 1.00 e. The van der Waals surface area contributed by atoms with E-state index in [0.717, 1.165) is 12.1 Å². The van der Waals surface area contributed by atoms with E-state index in [4.69, 9.17) is 24.4 Å². The van der Waals surface area contributed by atoms with Crippen LogP contribution < -0.4 is 49.8 Å². The topological polar surface area (TPSA) is 142 Å². The van der Waals surface area contributed by atoms with Gasteiger partial charge in [0.15, 0.2) is 0 Å². The molecular weight excluding hydrogens is 414 g/mol. The number of benzene rings is 2. The Kier molecular flexibility index (Phi) is 8.02. The van der Waals surface area contributed by atoms with Crippen LogP contribution in [0.15, 0.2) is 36.4 Å². The van der Waals surface area contributed by atoms with Gasteiger partial charge < -0.3 is 33.9 Å². The Hall–Kier alpha value is -1.71. The Balaban J connectivity index is 0.00000300. The molecule has 29 heavy (non-hydrogen) atoms. The summed E-state index contributed by atoms with van der Waals surface area (Å²) in [6.07, 6.45) is 0. The van der Waals surface area contributed by atoms with Crippen molar-refractivity contribution in [2.45, 2.75) is 0 Å². The van der Waals surface area contributed by atoms with Crippen LogP contribution in [0.4, 0.5) is 0 Å². The number of rotatable bonds is 6. The smallest absolute Gasteiger partial charge is 0.792 e. The van der Waals surface area contributed by atoms with Gasteiger partial charge in [0.1, 0.15) is 24.7 Å². The normalized spacial score (nSPS) is 13.2. The summed E-state index contributed by atoms with van der Waals surface area (Å²) in [5.41, 5.74) is -0.0392. The fraction of sp³-hybridized carbons (Fsp3) is 0.222. The van der Waals surface area contributed by atoms with Crippen molar-refractivity contribution in [2.24, 2.45) is 0 Å². The summed E-state index contributed by atoms with van der Waals surface area (Å²) >= 11 is 0. The quantitative estimate of drug-likeness (QED) is 0.274. The number of hydrogen-bond donors (Lipinski definition) is 2. The van der Waals surface area contributed by atoms with Crippen molar-refractivity contribution in [1.29, 1.82) is 0 Å². The number of aliphatic hydroxyl groups is 2. The summed E-state index contributed by atoms with van der Waals surface area (Å²) in [6.45, 7) is -1.15. The molecule has 9 nitrogen and oxygen atoms in total. The van der Waals surface area contributed by atoms with E-state index in [1.54, 1.807) is 0 Å². The largest absolute Gasteiger partial charge is 1.00 e. The average molecular weight is 430 g/mol. The molecule has 0 fully saturated rings. The van der Waals surface area contributed by atoms with E-state index >= 15 is 0 Å². The number of ether oxygens (including phenoxy) is 3. The van der Waals surface area contributed by atoms with Crippen LogP contribution in [0.3, 0.4) is 0 Å². The third kappa shape index (κ3) is 4.90. The van der Waals surface area contributed by atoms with Gasteiger partial charge in [0.05, 0.1) is 31.7 Å². The van der Waals surface area contributed by atoms with Crippen molar-refractivity contribution in [3.05, 3.63) is 47.5 Å². The molecule has 2 aromatic rings. The second-order valence-corrected chi connectivity index (χ2v) is 7.80. The molecule has 0 aromatic heterocycles. The number of fused-ring (bicyclic) bond motifs is 2. The van der Waals surface area contributed by atoms with Crippen molar-refractivity contribution in [3.63, 3.8) is 0 Å². The molecule has 11 heteroatoms. The van der Waals surface area contributed by atoms with Crippen LogP contribution in [-0.2, 0) is 14.0 Å². The second-order valence-electron chi connectivity index (χ2n) is 5.74. The van der Waals surface area contributed by atoms with Gasteiger partial charge in [0.2, 0.25) is 0 Å². The molecule has 3 rings (SSSR count). The molecule has 0 bridgehead atoms. The van der Waals surface area contributed by atoms with E-state index in [-0.39, 0.29) is 89.2 Å². The summed E-state index contributed by atoms with van der Waals surface area (Å²) in [7, 11) is -4.44. The molecule has 2 aromatic carbocycles. The van der Waals surface area contributed by atoms with Gasteiger partial charge in [-0.2, -0.15) is 0 Å². The first-order valence-electron chi connectivity index (χ1n) is 8.22. The molecule has 0 spiro atoms. The van der Waals surface area contributed by atoms with Crippen LogP contribution in [0.1, 0.15) is 20.7 Å². The number of aliphatic hydroxyl groups excluding tert-OH is 2. The first kappa shape index (κ1) is 23.6. The molecular formula is C18H16NaO9P. The first-order chi connectivity index (χ1) is 13.4. The van der Waals surface area contributed by atoms with E-state index in [9.17, 15) is 19.0 Å². The van der Waals surface area contributed by atoms with Crippen LogP contribution >= 0.6 is 7.37 Å². The molecule has 0 saturated heterocycles. The average Bonchev–Trinajstić information content (AvgIpc) is 2.70. The number of carbonyl (C=O) groups excluding carboxylic acids is 2. The molecule has 1 aliphatic heterocycles. The van der Waals surface area contributed by atoms with Crippen LogP contribution in [0.25, 0.3) is 0 Å². The summed E-state index contributed by atoms with van der Waals surface area (Å²) in [5.74, 6) is -1.49. The van der Waals surface area contributed by atoms with Crippen LogP contribution in [0.2, 0.25) is 0 Å². The van der Waals surface area contributed by atoms with Crippen molar-refractivity contribution < 1.29 is 73.0 Å². The maximum atomic E-state index is 13.0. The first-order valence-corrected chi connectivity index (χ1v) is 9.85. The van der Waals surface area contributed by atoms with E-state index in [0.29, 0.717) is 0 Å². The fourth-order valence-corrected chi connectivity index (χ4v) is 4.31. The molecule has 1 heterocycles. The van der Waals surface area contributed by atoms with Gasteiger partial charge in [-0.3, -0.25) is 0 Å². The molecule has 0 aliphatic carbocycles. The summed E-state index contributed by atoms with van der Waals surface area (Å²) < 4.78 is 28.2. The standard InChI is InChI=1S/C18H17O9P.Na/c19-5-7-25-17(21)11-1-3-13-15(9-11)28(23,24)16-10-12(2-4-14(16)27-13)18(22)26-8-6-20;/h1-4,9-10,19-20H,5-8H2,(H,23,24);/q;+1/p-1. The van der Waals surface area contributed by atoms with Gasteiger partial charge in [-0.05, 0) is 36.4 Å². The minimum atomic E-state index is -4.44. The van der Waals surface area contributed by atoms with Gasteiger partial charge in [0.25, 0.3) is 0 Å². The van der Waals surface area contributed by atoms with E-state index < -0.39 is 19.3 Å². The second kappa shape index (κ2) is 9.86. The van der Waals surface area contributed by atoms with Crippen molar-refractivity contribution in [2.75, 3.05) is 26.4 Å². The van der Waals surface area contributed by atoms with Gasteiger partial charge in [-0.15, -0.1) is 0 Å². The zero-order valence-electron chi connectivity index (χ0n) is 15.5. The van der Waals surface area contributed by atoms with E-state index in [1.165, 1.54) is 24.3 Å². The fourth-order valence-electron chi connectivity index (χ4n) is 2.61. The Morgan fingerprint density at radius 2 is 1.31 bits per heavy atom. The third-order valence-corrected chi connectivity index (χ3v) is 5.86. The monoisotopic (exact) mass is 430 g/mol. The minimum absolute atomic E-state index is 0. The SMILES string of the molecule is O=C(OCCO)c1ccc2c(c1)P(=O)([O-])c1cc(C(=O)OCCO)ccc1O2.[Na+]. The Labute approximate surface area is 188 Å². The van der Waals surface area contributed by atoms with Crippen molar-refractivity contribution >= 4 is 29.9 Å². The van der Waals surface area contributed by atoms with Gasteiger partial charge in [0, 0.05) is 10.6 Å². The summed E-state index contributed by atoms with van der Waals surface area (Å²) in [4.78, 5) is 36.9. The molecule has 0 atom stereocenters. The molecule has 0 radical (unpaired) electrons.